The van der Waals surface area contributed by atoms with Crippen molar-refractivity contribution in [2.45, 2.75) is 17.8 Å². The number of halogens is 3. The summed E-state index contributed by atoms with van der Waals surface area (Å²) in [7, 11) is 0. The van der Waals surface area contributed by atoms with Crippen molar-refractivity contribution in [3.63, 3.8) is 0 Å². The fourth-order valence-corrected chi connectivity index (χ4v) is 2.84. The van der Waals surface area contributed by atoms with Crippen molar-refractivity contribution in [2.24, 2.45) is 0 Å². The van der Waals surface area contributed by atoms with E-state index in [2.05, 4.69) is 14.7 Å². The molecule has 2 aromatic heterocycles. The molecule has 0 bridgehead atoms. The molecular weight excluding hydrogens is 371 g/mol. The molecule has 10 heteroatoms. The molecule has 0 saturated carbocycles. The van der Waals surface area contributed by atoms with E-state index in [9.17, 15) is 21.9 Å². The highest BCUT2D eigenvalue weighted by Crippen LogP contribution is 2.31. The predicted molar refractivity (Wildman–Crippen MR) is 84.9 cm³/mol. The Morgan fingerprint density at radius 3 is 2.62 bits per heavy atom. The number of pyridine rings is 1. The molecule has 3 rings (SSSR count). The van der Waals surface area contributed by atoms with Crippen LogP contribution in [0.4, 0.5) is 13.2 Å². The molecule has 1 atom stereocenters. The summed E-state index contributed by atoms with van der Waals surface area (Å²) in [4.78, 5) is 7.92. The second kappa shape index (κ2) is 7.26. The molecule has 26 heavy (non-hydrogen) atoms. The first-order valence-corrected chi connectivity index (χ1v) is 8.29. The highest BCUT2D eigenvalue weighted by Gasteiger charge is 2.31. The van der Waals surface area contributed by atoms with Gasteiger partial charge in [-0.3, -0.25) is 9.19 Å². The zero-order valence-corrected chi connectivity index (χ0v) is 13.8. The molecule has 0 N–H and O–H groups in total. The van der Waals surface area contributed by atoms with Crippen molar-refractivity contribution >= 4 is 11.1 Å². The number of hydrogen-bond acceptors (Lipinski definition) is 5. The standard InChI is InChI=1S/C16H12F3N3O3S/c17-16(18,19)25-12-2-4-15(26(23)24)13(7-12)14-3-1-11(8-21-14)9-22-6-5-20-10-22/h1-8,10H,9H2,(H,23,24)/p-1. The van der Waals surface area contributed by atoms with Crippen LogP contribution < -0.4 is 4.74 Å². The average molecular weight is 382 g/mol. The first kappa shape index (κ1) is 18.1. The van der Waals surface area contributed by atoms with E-state index in [1.54, 1.807) is 24.8 Å². The topological polar surface area (TPSA) is 80.1 Å². The Morgan fingerprint density at radius 1 is 1.23 bits per heavy atom. The van der Waals surface area contributed by atoms with Gasteiger partial charge in [0.05, 0.1) is 12.0 Å². The molecule has 3 aromatic rings. The molecule has 0 saturated heterocycles. The number of imidazole rings is 1. The van der Waals surface area contributed by atoms with E-state index in [0.29, 0.717) is 6.54 Å². The average Bonchev–Trinajstić information content (AvgIpc) is 3.07. The third-order valence-corrected chi connectivity index (χ3v) is 4.10. The van der Waals surface area contributed by atoms with E-state index in [4.69, 9.17) is 0 Å². The normalized spacial score (nSPS) is 12.8. The molecule has 1 aromatic carbocycles. The van der Waals surface area contributed by atoms with Crippen LogP contribution in [0.25, 0.3) is 11.3 Å². The van der Waals surface area contributed by atoms with E-state index >= 15 is 0 Å². The summed E-state index contributed by atoms with van der Waals surface area (Å²) in [6, 6.07) is 6.22. The highest BCUT2D eigenvalue weighted by molar-refractivity contribution is 7.79. The Labute approximate surface area is 148 Å². The van der Waals surface area contributed by atoms with Crippen LogP contribution >= 0.6 is 0 Å². The summed E-state index contributed by atoms with van der Waals surface area (Å²) in [6.07, 6.45) is 1.67. The van der Waals surface area contributed by atoms with Crippen molar-refractivity contribution in [3.8, 4) is 17.0 Å². The van der Waals surface area contributed by atoms with Crippen molar-refractivity contribution in [3.05, 3.63) is 60.8 Å². The Bertz CT molecular complexity index is 913. The van der Waals surface area contributed by atoms with Gasteiger partial charge < -0.3 is 13.9 Å². The van der Waals surface area contributed by atoms with Crippen molar-refractivity contribution < 1.29 is 26.7 Å². The van der Waals surface area contributed by atoms with Crippen LogP contribution in [-0.4, -0.2) is 29.7 Å². The predicted octanol–water partition coefficient (Wildman–Crippen LogP) is 3.13. The lowest BCUT2D eigenvalue weighted by Crippen LogP contribution is -2.17. The molecule has 136 valence electrons. The number of hydrogen-bond donors (Lipinski definition) is 0. The number of ether oxygens (including phenoxy) is 1. The number of alkyl halides is 3. The maximum atomic E-state index is 12.4. The van der Waals surface area contributed by atoms with Gasteiger partial charge in [0.15, 0.2) is 0 Å². The van der Waals surface area contributed by atoms with Gasteiger partial charge in [-0.2, -0.15) is 0 Å². The van der Waals surface area contributed by atoms with Crippen LogP contribution in [-0.2, 0) is 17.6 Å². The molecule has 0 spiro atoms. The van der Waals surface area contributed by atoms with Crippen LogP contribution in [0.3, 0.4) is 0 Å². The summed E-state index contributed by atoms with van der Waals surface area (Å²) in [5.74, 6) is -0.522. The number of rotatable bonds is 5. The van der Waals surface area contributed by atoms with Crippen molar-refractivity contribution in [1.29, 1.82) is 0 Å². The summed E-state index contributed by atoms with van der Waals surface area (Å²) in [5.41, 5.74) is 1.06. The largest absolute Gasteiger partial charge is 0.768 e. The molecular formula is C16H11F3N3O3S-. The van der Waals surface area contributed by atoms with Crippen molar-refractivity contribution in [1.82, 2.24) is 14.5 Å². The Kier molecular flexibility index (Phi) is 5.05. The summed E-state index contributed by atoms with van der Waals surface area (Å²) < 4.78 is 65.6. The van der Waals surface area contributed by atoms with E-state index in [1.165, 1.54) is 12.3 Å². The number of benzene rings is 1. The van der Waals surface area contributed by atoms with Crippen molar-refractivity contribution in [2.75, 3.05) is 0 Å². The van der Waals surface area contributed by atoms with E-state index in [1.807, 2.05) is 4.57 Å². The minimum Gasteiger partial charge on any atom is -0.768 e. The second-order valence-corrected chi connectivity index (χ2v) is 6.14. The van der Waals surface area contributed by atoms with Gasteiger partial charge in [0.2, 0.25) is 0 Å². The molecule has 0 aliphatic rings. The third-order valence-electron chi connectivity index (χ3n) is 3.39. The van der Waals surface area contributed by atoms with Crippen LogP contribution in [0.15, 0.2) is 60.1 Å². The summed E-state index contributed by atoms with van der Waals surface area (Å²) in [5, 5.41) is 0. The zero-order chi connectivity index (χ0) is 18.7. The quantitative estimate of drug-likeness (QED) is 0.634. The monoisotopic (exact) mass is 382 g/mol. The maximum Gasteiger partial charge on any atom is 0.573 e. The van der Waals surface area contributed by atoms with Gasteiger partial charge >= 0.3 is 6.36 Å². The fraction of sp³-hybridized carbons (Fsp3) is 0.125. The Morgan fingerprint density at radius 2 is 2.04 bits per heavy atom. The van der Waals surface area contributed by atoms with E-state index in [-0.39, 0.29) is 16.2 Å². The number of nitrogens with zero attached hydrogens (tertiary/aromatic N) is 3. The first-order chi connectivity index (χ1) is 12.3. The smallest absolute Gasteiger partial charge is 0.573 e. The molecule has 0 aliphatic heterocycles. The van der Waals surface area contributed by atoms with Gasteiger partial charge in [0.1, 0.15) is 5.75 Å². The maximum absolute atomic E-state index is 12.4. The van der Waals surface area contributed by atoms with Gasteiger partial charge in [0.25, 0.3) is 0 Å². The Hall–Kier alpha value is -2.72. The first-order valence-electron chi connectivity index (χ1n) is 7.22. The SMILES string of the molecule is O=S([O-])c1ccc(OC(F)(F)F)cc1-c1ccc(Cn2ccnc2)cn1. The van der Waals surface area contributed by atoms with Crippen LogP contribution in [0.5, 0.6) is 5.75 Å². The van der Waals surface area contributed by atoms with Gasteiger partial charge in [-0.1, -0.05) is 6.07 Å². The minimum atomic E-state index is -4.88. The molecule has 0 radical (unpaired) electrons. The van der Waals surface area contributed by atoms with Crippen LogP contribution in [0.1, 0.15) is 5.56 Å². The lowest BCUT2D eigenvalue weighted by molar-refractivity contribution is -0.274. The van der Waals surface area contributed by atoms with E-state index in [0.717, 1.165) is 23.8 Å². The Balaban J connectivity index is 1.93. The minimum absolute atomic E-state index is 0.0225. The lowest BCUT2D eigenvalue weighted by atomic mass is 10.1. The fourth-order valence-electron chi connectivity index (χ4n) is 2.32. The highest BCUT2D eigenvalue weighted by atomic mass is 32.2. The molecule has 0 amide bonds. The van der Waals surface area contributed by atoms with Gasteiger partial charge in [0, 0.05) is 35.6 Å². The summed E-state index contributed by atoms with van der Waals surface area (Å²) in [6.45, 7) is 0.505. The van der Waals surface area contributed by atoms with Gasteiger partial charge in [-0.05, 0) is 40.9 Å². The molecule has 0 fully saturated rings. The van der Waals surface area contributed by atoms with Gasteiger partial charge in [-0.15, -0.1) is 13.2 Å². The third kappa shape index (κ3) is 4.46. The molecule has 0 aliphatic carbocycles. The lowest BCUT2D eigenvalue weighted by Gasteiger charge is -2.15. The van der Waals surface area contributed by atoms with Crippen LogP contribution in [0.2, 0.25) is 0 Å². The zero-order valence-electron chi connectivity index (χ0n) is 13.0. The molecule has 1 unspecified atom stereocenters. The van der Waals surface area contributed by atoms with Gasteiger partial charge in [-0.25, -0.2) is 4.98 Å². The number of aromatic nitrogens is 3. The molecule has 2 heterocycles. The molecule has 6 nitrogen and oxygen atoms in total. The van der Waals surface area contributed by atoms with E-state index < -0.39 is 23.2 Å². The second-order valence-electron chi connectivity index (χ2n) is 5.23. The van der Waals surface area contributed by atoms with Crippen LogP contribution in [0, 0.1) is 0 Å². The summed E-state index contributed by atoms with van der Waals surface area (Å²) >= 11 is -2.64.